The number of pyridine rings is 1. The number of anilines is 3. The summed E-state index contributed by atoms with van der Waals surface area (Å²) in [6, 6.07) is 12.1. The van der Waals surface area contributed by atoms with Crippen LogP contribution in [0.15, 0.2) is 42.6 Å². The fourth-order valence-corrected chi connectivity index (χ4v) is 2.15. The number of aromatic nitrogens is 1. The quantitative estimate of drug-likeness (QED) is 0.886. The zero-order valence-corrected chi connectivity index (χ0v) is 13.2. The minimum atomic E-state index is -0.377. The number of carbonyl (C=O) groups excluding carboxylic acids is 1. The van der Waals surface area contributed by atoms with Crippen LogP contribution in [0.1, 0.15) is 19.4 Å². The highest BCUT2D eigenvalue weighted by Crippen LogP contribution is 2.15. The van der Waals surface area contributed by atoms with Gasteiger partial charge >= 0.3 is 6.03 Å². The molecule has 6 nitrogen and oxygen atoms in total. The van der Waals surface area contributed by atoms with Gasteiger partial charge in [0.2, 0.25) is 0 Å². The molecule has 2 amide bonds. The topological polar surface area (TPSA) is 81.0 Å². The summed E-state index contributed by atoms with van der Waals surface area (Å²) < 4.78 is 0. The number of amides is 2. The summed E-state index contributed by atoms with van der Waals surface area (Å²) in [5, 5.41) is 14.3. The van der Waals surface area contributed by atoms with Gasteiger partial charge in [-0.05, 0) is 44.2 Å². The summed E-state index contributed by atoms with van der Waals surface area (Å²) in [6.07, 6.45) is 1.62. The van der Waals surface area contributed by atoms with Crippen LogP contribution in [0.5, 0.6) is 0 Å². The van der Waals surface area contributed by atoms with Gasteiger partial charge in [0.1, 0.15) is 5.82 Å². The molecule has 1 aromatic carbocycles. The van der Waals surface area contributed by atoms with E-state index in [1.807, 2.05) is 18.2 Å². The van der Waals surface area contributed by atoms with E-state index in [0.717, 1.165) is 18.9 Å². The lowest BCUT2D eigenvalue weighted by molar-refractivity contribution is 0.262. The van der Waals surface area contributed by atoms with Gasteiger partial charge in [0.05, 0.1) is 23.5 Å². The molecule has 0 bridgehead atoms. The number of nitrogens with one attached hydrogen (secondary N) is 2. The Kier molecular flexibility index (Phi) is 5.53. The number of hydrogen-bond donors (Lipinski definition) is 2. The van der Waals surface area contributed by atoms with E-state index in [2.05, 4.69) is 34.4 Å². The van der Waals surface area contributed by atoms with Gasteiger partial charge in [0, 0.05) is 18.8 Å². The third-order valence-electron chi connectivity index (χ3n) is 3.34. The molecule has 23 heavy (non-hydrogen) atoms. The largest absolute Gasteiger partial charge is 0.357 e. The SMILES string of the molecule is CCN(CC)c1ccc(NC(=O)Nc2cccc(C#N)c2)cn1. The maximum Gasteiger partial charge on any atom is 0.323 e. The van der Waals surface area contributed by atoms with Crippen LogP contribution in [-0.2, 0) is 0 Å². The predicted molar refractivity (Wildman–Crippen MR) is 91.6 cm³/mol. The van der Waals surface area contributed by atoms with Crippen LogP contribution in [-0.4, -0.2) is 24.1 Å². The van der Waals surface area contributed by atoms with Crippen molar-refractivity contribution in [2.45, 2.75) is 13.8 Å². The minimum Gasteiger partial charge on any atom is -0.357 e. The Bertz CT molecular complexity index is 702. The molecule has 1 heterocycles. The Morgan fingerprint density at radius 3 is 2.52 bits per heavy atom. The zero-order chi connectivity index (χ0) is 16.7. The molecule has 0 atom stereocenters. The number of rotatable bonds is 5. The molecule has 0 fully saturated rings. The Hall–Kier alpha value is -3.07. The first kappa shape index (κ1) is 16.3. The van der Waals surface area contributed by atoms with Crippen molar-refractivity contribution in [2.24, 2.45) is 0 Å². The van der Waals surface area contributed by atoms with Gasteiger partial charge in [0.15, 0.2) is 0 Å². The van der Waals surface area contributed by atoms with Gasteiger partial charge in [-0.3, -0.25) is 0 Å². The molecule has 2 rings (SSSR count). The fourth-order valence-electron chi connectivity index (χ4n) is 2.15. The number of hydrogen-bond acceptors (Lipinski definition) is 4. The molecule has 0 saturated carbocycles. The van der Waals surface area contributed by atoms with Crippen molar-refractivity contribution < 1.29 is 4.79 Å². The highest BCUT2D eigenvalue weighted by molar-refractivity contribution is 5.99. The van der Waals surface area contributed by atoms with E-state index in [1.54, 1.807) is 30.5 Å². The van der Waals surface area contributed by atoms with Gasteiger partial charge in [-0.2, -0.15) is 5.26 Å². The molecular formula is C17H19N5O. The smallest absolute Gasteiger partial charge is 0.323 e. The highest BCUT2D eigenvalue weighted by atomic mass is 16.2. The molecule has 0 aliphatic carbocycles. The maximum absolute atomic E-state index is 12.0. The Labute approximate surface area is 135 Å². The molecule has 0 saturated heterocycles. The third kappa shape index (κ3) is 4.45. The summed E-state index contributed by atoms with van der Waals surface area (Å²) in [7, 11) is 0. The second-order valence-electron chi connectivity index (χ2n) is 4.85. The number of urea groups is 1. The van der Waals surface area contributed by atoms with E-state index in [-0.39, 0.29) is 6.03 Å². The normalized spacial score (nSPS) is 9.78. The summed E-state index contributed by atoms with van der Waals surface area (Å²) in [6.45, 7) is 5.90. The van der Waals surface area contributed by atoms with Gasteiger partial charge in [-0.15, -0.1) is 0 Å². The minimum absolute atomic E-state index is 0.377. The molecule has 0 aliphatic rings. The number of carbonyl (C=O) groups is 1. The lowest BCUT2D eigenvalue weighted by Gasteiger charge is -2.19. The van der Waals surface area contributed by atoms with Crippen molar-refractivity contribution in [1.82, 2.24) is 4.98 Å². The molecular weight excluding hydrogens is 290 g/mol. The zero-order valence-electron chi connectivity index (χ0n) is 13.2. The Balaban J connectivity index is 1.98. The highest BCUT2D eigenvalue weighted by Gasteiger charge is 2.06. The molecule has 2 N–H and O–H groups in total. The first-order valence-electron chi connectivity index (χ1n) is 7.45. The molecule has 0 radical (unpaired) electrons. The van der Waals surface area contributed by atoms with Crippen LogP contribution >= 0.6 is 0 Å². The lowest BCUT2D eigenvalue weighted by Crippen LogP contribution is -2.23. The average molecular weight is 309 g/mol. The van der Waals surface area contributed by atoms with E-state index in [1.165, 1.54) is 0 Å². The van der Waals surface area contributed by atoms with Crippen molar-refractivity contribution in [1.29, 1.82) is 5.26 Å². The van der Waals surface area contributed by atoms with Crippen molar-refractivity contribution in [3.05, 3.63) is 48.2 Å². The second kappa shape index (κ2) is 7.80. The monoisotopic (exact) mass is 309 g/mol. The van der Waals surface area contributed by atoms with E-state index in [4.69, 9.17) is 5.26 Å². The van der Waals surface area contributed by atoms with Crippen molar-refractivity contribution in [3.63, 3.8) is 0 Å². The van der Waals surface area contributed by atoms with Crippen LogP contribution in [0.4, 0.5) is 22.0 Å². The van der Waals surface area contributed by atoms with E-state index < -0.39 is 0 Å². The van der Waals surface area contributed by atoms with Crippen LogP contribution in [0.2, 0.25) is 0 Å². The van der Waals surface area contributed by atoms with Crippen molar-refractivity contribution >= 4 is 23.2 Å². The molecule has 6 heteroatoms. The average Bonchev–Trinajstić information content (AvgIpc) is 2.57. The van der Waals surface area contributed by atoms with Gasteiger partial charge in [0.25, 0.3) is 0 Å². The second-order valence-corrected chi connectivity index (χ2v) is 4.85. The first-order chi connectivity index (χ1) is 11.2. The lowest BCUT2D eigenvalue weighted by atomic mass is 10.2. The van der Waals surface area contributed by atoms with Crippen LogP contribution in [0, 0.1) is 11.3 Å². The molecule has 0 aliphatic heterocycles. The fraction of sp³-hybridized carbons (Fsp3) is 0.235. The van der Waals surface area contributed by atoms with Gasteiger partial charge in [-0.25, -0.2) is 9.78 Å². The van der Waals surface area contributed by atoms with Crippen molar-refractivity contribution in [3.8, 4) is 6.07 Å². The van der Waals surface area contributed by atoms with Gasteiger partial charge < -0.3 is 15.5 Å². The number of nitriles is 1. The van der Waals surface area contributed by atoms with Crippen LogP contribution in [0.25, 0.3) is 0 Å². The van der Waals surface area contributed by atoms with Crippen molar-refractivity contribution in [2.75, 3.05) is 28.6 Å². The summed E-state index contributed by atoms with van der Waals surface area (Å²) in [4.78, 5) is 18.4. The van der Waals surface area contributed by atoms with Crippen LogP contribution in [0.3, 0.4) is 0 Å². The molecule has 0 spiro atoms. The van der Waals surface area contributed by atoms with E-state index in [9.17, 15) is 4.79 Å². The third-order valence-corrected chi connectivity index (χ3v) is 3.34. The predicted octanol–water partition coefficient (Wildman–Crippen LogP) is 3.44. The Morgan fingerprint density at radius 2 is 1.91 bits per heavy atom. The van der Waals surface area contributed by atoms with E-state index >= 15 is 0 Å². The van der Waals surface area contributed by atoms with E-state index in [0.29, 0.717) is 16.9 Å². The molecule has 0 unspecified atom stereocenters. The summed E-state index contributed by atoms with van der Waals surface area (Å²) >= 11 is 0. The molecule has 2 aromatic rings. The first-order valence-corrected chi connectivity index (χ1v) is 7.45. The Morgan fingerprint density at radius 1 is 1.17 bits per heavy atom. The number of benzene rings is 1. The standard InChI is InChI=1S/C17H19N5O/c1-3-22(4-2)16-9-8-15(12-19-16)21-17(23)20-14-7-5-6-13(10-14)11-18/h5-10,12H,3-4H2,1-2H3,(H2,20,21,23). The van der Waals surface area contributed by atoms with Crippen LogP contribution < -0.4 is 15.5 Å². The maximum atomic E-state index is 12.0. The van der Waals surface area contributed by atoms with Gasteiger partial charge in [-0.1, -0.05) is 6.07 Å². The number of nitrogens with zero attached hydrogens (tertiary/aromatic N) is 3. The summed E-state index contributed by atoms with van der Waals surface area (Å²) in [5.74, 6) is 0.877. The molecule has 118 valence electrons. The molecule has 1 aromatic heterocycles. The summed E-state index contributed by atoms with van der Waals surface area (Å²) in [5.41, 5.74) is 1.66.